The molecule has 1 rings (SSSR count). The molecule has 4 nitrogen and oxygen atoms in total. The molecule has 1 aliphatic rings. The number of hydrogen-bond donors (Lipinski definition) is 1. The fourth-order valence-corrected chi connectivity index (χ4v) is 1.08. The zero-order chi connectivity index (χ0) is 13.3. The smallest absolute Gasteiger partial charge is 0.246 e. The lowest BCUT2D eigenvalue weighted by atomic mass is 10.3. The lowest BCUT2D eigenvalue weighted by Gasteiger charge is -2.09. The third-order valence-corrected chi connectivity index (χ3v) is 2.37. The molecule has 0 aromatic carbocycles. The summed E-state index contributed by atoms with van der Waals surface area (Å²) in [6.45, 7) is 7.86. The van der Waals surface area contributed by atoms with Gasteiger partial charge in [0.2, 0.25) is 5.91 Å². The summed E-state index contributed by atoms with van der Waals surface area (Å²) in [6.07, 6.45) is 1.38. The van der Waals surface area contributed by atoms with Crippen LogP contribution in [0.15, 0.2) is 12.2 Å². The summed E-state index contributed by atoms with van der Waals surface area (Å²) in [4.78, 5) is 13.1. The summed E-state index contributed by atoms with van der Waals surface area (Å²) in [6, 6.07) is 0. The van der Waals surface area contributed by atoms with Crippen LogP contribution in [0.5, 0.6) is 0 Å². The second-order valence-electron chi connectivity index (χ2n) is 4.30. The lowest BCUT2D eigenvalue weighted by Crippen LogP contribution is -2.27. The van der Waals surface area contributed by atoms with Gasteiger partial charge in [-0.1, -0.05) is 6.58 Å². The van der Waals surface area contributed by atoms with E-state index in [4.69, 9.17) is 16.3 Å². The second kappa shape index (κ2) is 9.45. The van der Waals surface area contributed by atoms with Crippen LogP contribution in [0.25, 0.3) is 0 Å². The van der Waals surface area contributed by atoms with E-state index in [0.717, 1.165) is 26.1 Å². The first-order valence-electron chi connectivity index (χ1n) is 5.73. The van der Waals surface area contributed by atoms with Crippen molar-refractivity contribution in [3.05, 3.63) is 12.2 Å². The first-order valence-corrected chi connectivity index (χ1v) is 6.26. The molecule has 100 valence electrons. The highest BCUT2D eigenvalue weighted by Gasteiger charge is 2.19. The predicted octanol–water partition coefficient (Wildman–Crippen LogP) is 1.25. The van der Waals surface area contributed by atoms with Gasteiger partial charge in [0, 0.05) is 12.1 Å². The molecule has 0 spiro atoms. The molecule has 0 radical (unpaired) electrons. The number of halogens is 1. The summed E-state index contributed by atoms with van der Waals surface area (Å²) in [5.74, 6) is 0.619. The molecule has 0 bridgehead atoms. The van der Waals surface area contributed by atoms with E-state index in [9.17, 15) is 4.79 Å². The van der Waals surface area contributed by atoms with E-state index in [1.54, 1.807) is 6.92 Å². The van der Waals surface area contributed by atoms with Crippen LogP contribution >= 0.6 is 11.6 Å². The third kappa shape index (κ3) is 11.7. The van der Waals surface area contributed by atoms with Crippen molar-refractivity contribution >= 4 is 17.5 Å². The molecular formula is C12H23ClN2O2. The van der Waals surface area contributed by atoms with Gasteiger partial charge in [0.15, 0.2) is 0 Å². The Labute approximate surface area is 109 Å². The Morgan fingerprint density at radius 2 is 2.18 bits per heavy atom. The Balaban J connectivity index is 0.000000419. The van der Waals surface area contributed by atoms with Crippen LogP contribution in [0, 0.1) is 0 Å². The Hall–Kier alpha value is -0.580. The van der Waals surface area contributed by atoms with Crippen LogP contribution in [-0.4, -0.2) is 56.6 Å². The second-order valence-corrected chi connectivity index (χ2v) is 4.61. The van der Waals surface area contributed by atoms with Crippen molar-refractivity contribution in [1.82, 2.24) is 10.2 Å². The minimum Gasteiger partial charge on any atom is -0.372 e. The number of ether oxygens (including phenoxy) is 1. The van der Waals surface area contributed by atoms with Gasteiger partial charge in [0.1, 0.15) is 0 Å². The zero-order valence-corrected chi connectivity index (χ0v) is 11.7. The van der Waals surface area contributed by atoms with Crippen LogP contribution in [0.4, 0.5) is 0 Å². The van der Waals surface area contributed by atoms with Gasteiger partial charge in [-0.3, -0.25) is 4.79 Å². The molecule has 0 aliphatic carbocycles. The Kier molecular flexibility index (Phi) is 9.13. The van der Waals surface area contributed by atoms with Crippen molar-refractivity contribution < 1.29 is 9.53 Å². The van der Waals surface area contributed by atoms with Crippen LogP contribution in [-0.2, 0) is 9.53 Å². The number of nitrogens with zero attached hydrogens (tertiary/aromatic N) is 1. The van der Waals surface area contributed by atoms with Gasteiger partial charge >= 0.3 is 0 Å². The van der Waals surface area contributed by atoms with Gasteiger partial charge in [-0.2, -0.15) is 0 Å². The van der Waals surface area contributed by atoms with Gasteiger partial charge in [-0.15, -0.1) is 11.6 Å². The van der Waals surface area contributed by atoms with Crippen LogP contribution < -0.4 is 5.32 Å². The average Bonchev–Trinajstić information content (AvgIpc) is 3.07. The fraction of sp³-hybridized carbons (Fsp3) is 0.750. The van der Waals surface area contributed by atoms with E-state index < -0.39 is 0 Å². The first-order chi connectivity index (χ1) is 7.97. The number of amides is 1. The Morgan fingerprint density at radius 1 is 1.59 bits per heavy atom. The molecule has 1 heterocycles. The highest BCUT2D eigenvalue weighted by molar-refractivity contribution is 6.18. The molecule has 1 N–H and O–H groups in total. The van der Waals surface area contributed by atoms with Crippen molar-refractivity contribution in [3.8, 4) is 0 Å². The minimum absolute atomic E-state index is 0.0474. The molecule has 17 heavy (non-hydrogen) atoms. The third-order valence-electron chi connectivity index (χ3n) is 2.03. The number of nitrogens with one attached hydrogen (secondary N) is 1. The van der Waals surface area contributed by atoms with Gasteiger partial charge < -0.3 is 15.0 Å². The molecule has 5 heteroatoms. The number of carbonyl (C=O) groups excluding carboxylic acids is 1. The Bertz CT molecular complexity index is 241. The number of epoxide rings is 1. The average molecular weight is 263 g/mol. The summed E-state index contributed by atoms with van der Waals surface area (Å²) < 4.78 is 4.73. The number of alkyl halides is 1. The minimum atomic E-state index is -0.0474. The quantitative estimate of drug-likeness (QED) is 0.339. The molecular weight excluding hydrogens is 240 g/mol. The molecule has 1 amide bonds. The van der Waals surface area contributed by atoms with Crippen LogP contribution in [0.1, 0.15) is 13.3 Å². The molecule has 0 aromatic rings. The van der Waals surface area contributed by atoms with E-state index in [1.165, 1.54) is 0 Å². The summed E-state index contributed by atoms with van der Waals surface area (Å²) in [5.41, 5.74) is 0.569. The fourth-order valence-electron chi connectivity index (χ4n) is 0.905. The predicted molar refractivity (Wildman–Crippen MR) is 71.5 cm³/mol. The van der Waals surface area contributed by atoms with Crippen molar-refractivity contribution in [2.24, 2.45) is 0 Å². The first kappa shape index (κ1) is 16.4. The van der Waals surface area contributed by atoms with E-state index in [1.807, 2.05) is 14.1 Å². The summed E-state index contributed by atoms with van der Waals surface area (Å²) in [5, 5.41) is 2.77. The molecule has 1 atom stereocenters. The van der Waals surface area contributed by atoms with Crippen molar-refractivity contribution in [1.29, 1.82) is 0 Å². The van der Waals surface area contributed by atoms with E-state index >= 15 is 0 Å². The SMILES string of the molecule is C=C(C)C(=O)NCCCN(C)C.ClCC1CO1. The maximum Gasteiger partial charge on any atom is 0.246 e. The number of rotatable bonds is 6. The largest absolute Gasteiger partial charge is 0.372 e. The highest BCUT2D eigenvalue weighted by Crippen LogP contribution is 2.08. The number of carbonyl (C=O) groups is 1. The molecule has 1 unspecified atom stereocenters. The van der Waals surface area contributed by atoms with Crippen LogP contribution in [0.3, 0.4) is 0 Å². The number of hydrogen-bond acceptors (Lipinski definition) is 3. The van der Waals surface area contributed by atoms with Gasteiger partial charge in [-0.05, 0) is 34.0 Å². The maximum absolute atomic E-state index is 11.0. The van der Waals surface area contributed by atoms with Crippen molar-refractivity contribution in [2.75, 3.05) is 39.7 Å². The van der Waals surface area contributed by atoms with Crippen molar-refractivity contribution in [2.45, 2.75) is 19.4 Å². The normalized spacial score (nSPS) is 17.1. The lowest BCUT2D eigenvalue weighted by molar-refractivity contribution is -0.117. The highest BCUT2D eigenvalue weighted by atomic mass is 35.5. The van der Waals surface area contributed by atoms with Gasteiger partial charge in [0.25, 0.3) is 0 Å². The standard InChI is InChI=1S/C9H18N2O.C3H5ClO/c1-8(2)9(12)10-6-5-7-11(3)4;4-1-3-2-5-3/h1,5-7H2,2-4H3,(H,10,12);3H,1-2H2. The van der Waals surface area contributed by atoms with Gasteiger partial charge in [-0.25, -0.2) is 0 Å². The van der Waals surface area contributed by atoms with Gasteiger partial charge in [0.05, 0.1) is 18.6 Å². The Morgan fingerprint density at radius 3 is 2.47 bits per heavy atom. The van der Waals surface area contributed by atoms with Crippen molar-refractivity contribution in [3.63, 3.8) is 0 Å². The van der Waals surface area contributed by atoms with Crippen LogP contribution in [0.2, 0.25) is 0 Å². The van der Waals surface area contributed by atoms with E-state index in [0.29, 0.717) is 17.6 Å². The summed E-state index contributed by atoms with van der Waals surface area (Å²) >= 11 is 5.27. The zero-order valence-electron chi connectivity index (χ0n) is 11.0. The monoisotopic (exact) mass is 262 g/mol. The molecule has 0 aromatic heterocycles. The van der Waals surface area contributed by atoms with E-state index in [-0.39, 0.29) is 5.91 Å². The summed E-state index contributed by atoms with van der Waals surface area (Å²) in [7, 11) is 4.03. The maximum atomic E-state index is 11.0. The molecule has 1 saturated heterocycles. The molecule has 1 aliphatic heterocycles. The molecule has 1 fully saturated rings. The van der Waals surface area contributed by atoms with E-state index in [2.05, 4.69) is 16.8 Å². The topological polar surface area (TPSA) is 44.9 Å². The molecule has 0 saturated carbocycles.